The minimum absolute atomic E-state index is 0.0730. The molecule has 0 radical (unpaired) electrons. The second-order valence-electron chi connectivity index (χ2n) is 5.53. The first-order valence-electron chi connectivity index (χ1n) is 7.72. The van der Waals surface area contributed by atoms with E-state index >= 15 is 0 Å². The molecule has 4 rings (SSSR count). The first kappa shape index (κ1) is 16.2. The smallest absolute Gasteiger partial charge is 0.240 e. The van der Waals surface area contributed by atoms with Crippen LogP contribution in [-0.4, -0.2) is 30.9 Å². The third-order valence-electron chi connectivity index (χ3n) is 4.04. The topological polar surface area (TPSA) is 51.7 Å². The number of thiazole rings is 1. The zero-order valence-electron chi connectivity index (χ0n) is 13.8. The summed E-state index contributed by atoms with van der Waals surface area (Å²) in [4.78, 5) is 19.0. The summed E-state index contributed by atoms with van der Waals surface area (Å²) < 4.78 is 11.6. The summed E-state index contributed by atoms with van der Waals surface area (Å²) in [6, 6.07) is 13.6. The van der Waals surface area contributed by atoms with Crippen molar-refractivity contribution in [3.63, 3.8) is 0 Å². The van der Waals surface area contributed by atoms with Gasteiger partial charge in [0.2, 0.25) is 5.91 Å². The van der Waals surface area contributed by atoms with Gasteiger partial charge in [0.05, 0.1) is 30.2 Å². The number of carbonyl (C=O) groups is 1. The molecule has 25 heavy (non-hydrogen) atoms. The molecular weight excluding hydrogens is 356 g/mol. The molecule has 7 heteroatoms. The van der Waals surface area contributed by atoms with E-state index in [0.717, 1.165) is 27.3 Å². The maximum atomic E-state index is 12.5. The Morgan fingerprint density at radius 1 is 1.12 bits per heavy atom. The summed E-state index contributed by atoms with van der Waals surface area (Å²) in [5, 5.41) is 0.621. The summed E-state index contributed by atoms with van der Waals surface area (Å²) >= 11 is 3.11. The van der Waals surface area contributed by atoms with Crippen molar-refractivity contribution in [2.45, 2.75) is 5.37 Å². The van der Waals surface area contributed by atoms with Crippen LogP contribution in [-0.2, 0) is 4.79 Å². The lowest BCUT2D eigenvalue weighted by Crippen LogP contribution is -2.27. The van der Waals surface area contributed by atoms with Crippen LogP contribution in [0.2, 0.25) is 0 Å². The average Bonchev–Trinajstić information content (AvgIpc) is 3.23. The van der Waals surface area contributed by atoms with Gasteiger partial charge in [-0.2, -0.15) is 0 Å². The van der Waals surface area contributed by atoms with Crippen molar-refractivity contribution in [3.8, 4) is 11.5 Å². The molecule has 1 saturated heterocycles. The van der Waals surface area contributed by atoms with Gasteiger partial charge in [-0.1, -0.05) is 23.5 Å². The maximum absolute atomic E-state index is 12.5. The van der Waals surface area contributed by atoms with E-state index in [4.69, 9.17) is 9.47 Å². The molecule has 2 heterocycles. The number of methoxy groups -OCH3 is 2. The standard InChI is InChI=1S/C18H16N2O3S2/c1-22-12-5-3-4-11(8-12)17-20(16(21)10-24-17)18-19-14-7-6-13(23-2)9-15(14)25-18/h3-9,17H,10H2,1-2H3/t17-/m0/s1. The minimum atomic E-state index is -0.0925. The molecular formula is C18H16N2O3S2. The third kappa shape index (κ3) is 2.94. The van der Waals surface area contributed by atoms with Crippen LogP contribution in [0, 0.1) is 0 Å². The molecule has 0 saturated carbocycles. The first-order valence-corrected chi connectivity index (χ1v) is 9.58. The molecule has 1 aliphatic rings. The van der Waals surface area contributed by atoms with Crippen LogP contribution in [0.1, 0.15) is 10.9 Å². The number of thioether (sulfide) groups is 1. The summed E-state index contributed by atoms with van der Waals surface area (Å²) in [5.74, 6) is 2.09. The van der Waals surface area contributed by atoms with Crippen LogP contribution in [0.5, 0.6) is 11.5 Å². The number of rotatable bonds is 4. The van der Waals surface area contributed by atoms with E-state index in [1.165, 1.54) is 11.3 Å². The Kier molecular flexibility index (Phi) is 4.27. The van der Waals surface area contributed by atoms with E-state index in [0.29, 0.717) is 10.9 Å². The van der Waals surface area contributed by atoms with E-state index in [1.54, 1.807) is 30.9 Å². The molecule has 0 spiro atoms. The molecule has 0 bridgehead atoms. The number of hydrogen-bond donors (Lipinski definition) is 0. The number of carbonyl (C=O) groups excluding carboxylic acids is 1. The second kappa shape index (κ2) is 6.57. The minimum Gasteiger partial charge on any atom is -0.497 e. The van der Waals surface area contributed by atoms with Crippen molar-refractivity contribution < 1.29 is 14.3 Å². The van der Waals surface area contributed by atoms with Gasteiger partial charge in [-0.15, -0.1) is 11.8 Å². The number of anilines is 1. The number of hydrogen-bond acceptors (Lipinski definition) is 6. The van der Waals surface area contributed by atoms with E-state index < -0.39 is 0 Å². The van der Waals surface area contributed by atoms with Gasteiger partial charge in [0.1, 0.15) is 16.9 Å². The monoisotopic (exact) mass is 372 g/mol. The van der Waals surface area contributed by atoms with Crippen LogP contribution in [0.4, 0.5) is 5.13 Å². The Bertz CT molecular complexity index is 941. The zero-order valence-corrected chi connectivity index (χ0v) is 15.4. The van der Waals surface area contributed by atoms with Gasteiger partial charge in [0, 0.05) is 0 Å². The van der Waals surface area contributed by atoms with Crippen LogP contribution < -0.4 is 14.4 Å². The quantitative estimate of drug-likeness (QED) is 0.690. The number of amides is 1. The number of fused-ring (bicyclic) bond motifs is 1. The van der Waals surface area contributed by atoms with Gasteiger partial charge in [-0.3, -0.25) is 9.69 Å². The van der Waals surface area contributed by atoms with Crippen LogP contribution in [0.3, 0.4) is 0 Å². The highest BCUT2D eigenvalue weighted by Gasteiger charge is 2.36. The Morgan fingerprint density at radius 2 is 1.92 bits per heavy atom. The maximum Gasteiger partial charge on any atom is 0.240 e. The predicted octanol–water partition coefficient (Wildman–Crippen LogP) is 4.09. The lowest BCUT2D eigenvalue weighted by atomic mass is 10.2. The van der Waals surface area contributed by atoms with Gasteiger partial charge >= 0.3 is 0 Å². The van der Waals surface area contributed by atoms with Gasteiger partial charge in [0.15, 0.2) is 5.13 Å². The first-order chi connectivity index (χ1) is 12.2. The van der Waals surface area contributed by atoms with Crippen molar-refractivity contribution >= 4 is 44.4 Å². The van der Waals surface area contributed by atoms with Crippen LogP contribution in [0.15, 0.2) is 42.5 Å². The lowest BCUT2D eigenvalue weighted by molar-refractivity contribution is -0.115. The SMILES string of the molecule is COc1cccc([C@@H]2SCC(=O)N2c2nc3ccc(OC)cc3s2)c1. The summed E-state index contributed by atoms with van der Waals surface area (Å²) in [5.41, 5.74) is 1.90. The Morgan fingerprint density at radius 3 is 2.72 bits per heavy atom. The van der Waals surface area contributed by atoms with E-state index in [-0.39, 0.29) is 11.3 Å². The van der Waals surface area contributed by atoms with Crippen molar-refractivity contribution in [1.29, 1.82) is 0 Å². The molecule has 5 nitrogen and oxygen atoms in total. The average molecular weight is 372 g/mol. The van der Waals surface area contributed by atoms with E-state index in [1.807, 2.05) is 42.5 Å². The molecule has 1 aliphatic heterocycles. The van der Waals surface area contributed by atoms with Crippen molar-refractivity contribution in [2.24, 2.45) is 0 Å². The Balaban J connectivity index is 1.74. The lowest BCUT2D eigenvalue weighted by Gasteiger charge is -2.21. The summed E-state index contributed by atoms with van der Waals surface area (Å²) in [6.45, 7) is 0. The highest BCUT2D eigenvalue weighted by molar-refractivity contribution is 8.00. The van der Waals surface area contributed by atoms with Crippen molar-refractivity contribution in [1.82, 2.24) is 4.98 Å². The fourth-order valence-electron chi connectivity index (χ4n) is 2.80. The van der Waals surface area contributed by atoms with Crippen molar-refractivity contribution in [3.05, 3.63) is 48.0 Å². The molecule has 2 aromatic carbocycles. The highest BCUT2D eigenvalue weighted by atomic mass is 32.2. The molecule has 128 valence electrons. The second-order valence-corrected chi connectivity index (χ2v) is 7.61. The van der Waals surface area contributed by atoms with E-state index in [9.17, 15) is 4.79 Å². The number of benzene rings is 2. The zero-order chi connectivity index (χ0) is 17.4. The normalized spacial score (nSPS) is 17.3. The Hall–Kier alpha value is -2.25. The number of ether oxygens (including phenoxy) is 2. The molecule has 0 N–H and O–H groups in total. The summed E-state index contributed by atoms with van der Waals surface area (Å²) in [6.07, 6.45) is 0. The molecule has 0 unspecified atom stereocenters. The summed E-state index contributed by atoms with van der Waals surface area (Å²) in [7, 11) is 3.29. The largest absolute Gasteiger partial charge is 0.497 e. The third-order valence-corrected chi connectivity index (χ3v) is 6.27. The van der Waals surface area contributed by atoms with Crippen LogP contribution in [0.25, 0.3) is 10.2 Å². The van der Waals surface area contributed by atoms with Gasteiger partial charge < -0.3 is 9.47 Å². The fraction of sp³-hybridized carbons (Fsp3) is 0.222. The molecule has 0 aliphatic carbocycles. The van der Waals surface area contributed by atoms with Crippen LogP contribution >= 0.6 is 23.1 Å². The molecule has 1 atom stereocenters. The number of aromatic nitrogens is 1. The molecule has 1 amide bonds. The Labute approximate surface area is 153 Å². The molecule has 3 aromatic rings. The molecule has 1 aromatic heterocycles. The van der Waals surface area contributed by atoms with Gasteiger partial charge in [-0.05, 0) is 35.9 Å². The van der Waals surface area contributed by atoms with Gasteiger partial charge in [-0.25, -0.2) is 4.98 Å². The fourth-order valence-corrected chi connectivity index (χ4v) is 5.05. The van der Waals surface area contributed by atoms with Gasteiger partial charge in [0.25, 0.3) is 0 Å². The molecule has 1 fully saturated rings. The predicted molar refractivity (Wildman–Crippen MR) is 102 cm³/mol. The van der Waals surface area contributed by atoms with E-state index in [2.05, 4.69) is 4.98 Å². The van der Waals surface area contributed by atoms with Crippen molar-refractivity contribution in [2.75, 3.05) is 24.9 Å². The highest BCUT2D eigenvalue weighted by Crippen LogP contribution is 2.44. The number of nitrogens with zero attached hydrogens (tertiary/aromatic N) is 2.